The zero-order valence-electron chi connectivity index (χ0n) is 7.71. The van der Waals surface area contributed by atoms with Gasteiger partial charge in [0.05, 0.1) is 6.07 Å². The number of nitrogens with zero attached hydrogens (tertiary/aromatic N) is 1. The number of hydrogen-bond acceptors (Lipinski definition) is 4. The molecule has 13 heavy (non-hydrogen) atoms. The minimum Gasteiger partial charge on any atom is -0.315 e. The SMILES string of the molecule is CCCNCCNS(=O)(=O)CC#N. The summed E-state index contributed by atoms with van der Waals surface area (Å²) >= 11 is 0. The second-order valence-corrected chi connectivity index (χ2v) is 4.37. The smallest absolute Gasteiger partial charge is 0.225 e. The average molecular weight is 205 g/mol. The first kappa shape index (κ1) is 12.4. The first-order chi connectivity index (χ1) is 6.12. The van der Waals surface area contributed by atoms with Gasteiger partial charge in [0, 0.05) is 13.1 Å². The number of rotatable bonds is 7. The summed E-state index contributed by atoms with van der Waals surface area (Å²) in [4.78, 5) is 0. The van der Waals surface area contributed by atoms with Crippen molar-refractivity contribution in [3.8, 4) is 6.07 Å². The molecule has 0 rings (SSSR count). The molecule has 0 aliphatic carbocycles. The Bertz CT molecular complexity index is 255. The summed E-state index contributed by atoms with van der Waals surface area (Å²) in [6.07, 6.45) is 1.02. The largest absolute Gasteiger partial charge is 0.315 e. The fourth-order valence-corrected chi connectivity index (χ4v) is 1.42. The van der Waals surface area contributed by atoms with E-state index in [1.165, 1.54) is 0 Å². The van der Waals surface area contributed by atoms with Crippen molar-refractivity contribution < 1.29 is 8.42 Å². The Labute approximate surface area is 79.2 Å². The van der Waals surface area contributed by atoms with E-state index >= 15 is 0 Å². The van der Waals surface area contributed by atoms with Crippen LogP contribution in [0.15, 0.2) is 0 Å². The van der Waals surface area contributed by atoms with Gasteiger partial charge in [0.2, 0.25) is 10.0 Å². The second-order valence-electron chi connectivity index (χ2n) is 2.56. The summed E-state index contributed by atoms with van der Waals surface area (Å²) in [7, 11) is -3.37. The van der Waals surface area contributed by atoms with Crippen LogP contribution in [0.1, 0.15) is 13.3 Å². The summed E-state index contributed by atoms with van der Waals surface area (Å²) < 4.78 is 24.1. The van der Waals surface area contributed by atoms with Crippen molar-refractivity contribution in [2.24, 2.45) is 0 Å². The van der Waals surface area contributed by atoms with Crippen LogP contribution in [-0.2, 0) is 10.0 Å². The van der Waals surface area contributed by atoms with Crippen LogP contribution in [0.5, 0.6) is 0 Å². The predicted octanol–water partition coefficient (Wildman–Crippen LogP) is -0.571. The third-order valence-corrected chi connectivity index (χ3v) is 2.46. The molecule has 0 spiro atoms. The van der Waals surface area contributed by atoms with E-state index in [4.69, 9.17) is 5.26 Å². The van der Waals surface area contributed by atoms with Crippen LogP contribution in [-0.4, -0.2) is 33.8 Å². The molecule has 5 nitrogen and oxygen atoms in total. The van der Waals surface area contributed by atoms with Crippen LogP contribution in [0.4, 0.5) is 0 Å². The molecule has 0 saturated heterocycles. The van der Waals surface area contributed by atoms with Gasteiger partial charge in [-0.25, -0.2) is 13.1 Å². The van der Waals surface area contributed by atoms with E-state index in [1.54, 1.807) is 6.07 Å². The molecule has 0 heterocycles. The quantitative estimate of drug-likeness (QED) is 0.545. The molecular weight excluding hydrogens is 190 g/mol. The summed E-state index contributed by atoms with van der Waals surface area (Å²) in [5.74, 6) is -0.471. The Hall–Kier alpha value is -0.640. The molecule has 2 N–H and O–H groups in total. The van der Waals surface area contributed by atoms with Gasteiger partial charge < -0.3 is 5.32 Å². The molecule has 0 bridgehead atoms. The maximum atomic E-state index is 10.9. The molecule has 0 aliphatic heterocycles. The van der Waals surface area contributed by atoms with Gasteiger partial charge in [-0.1, -0.05) is 6.92 Å². The molecule has 0 aromatic rings. The first-order valence-electron chi connectivity index (χ1n) is 4.17. The van der Waals surface area contributed by atoms with Crippen LogP contribution < -0.4 is 10.0 Å². The van der Waals surface area contributed by atoms with Crippen molar-refractivity contribution in [1.29, 1.82) is 5.26 Å². The number of sulfonamides is 1. The molecule has 0 radical (unpaired) electrons. The molecule has 0 aromatic heterocycles. The molecule has 0 fully saturated rings. The minimum atomic E-state index is -3.37. The fourth-order valence-electron chi connectivity index (χ4n) is 0.733. The van der Waals surface area contributed by atoms with E-state index in [0.717, 1.165) is 13.0 Å². The van der Waals surface area contributed by atoms with Crippen molar-refractivity contribution in [3.05, 3.63) is 0 Å². The lowest BCUT2D eigenvalue weighted by atomic mass is 10.5. The molecule has 0 amide bonds. The standard InChI is InChI=1S/C7H15N3O2S/c1-2-4-9-5-6-10-13(11,12)7-3-8/h9-10H,2,4-7H2,1H3. The highest BCUT2D eigenvalue weighted by molar-refractivity contribution is 7.89. The minimum absolute atomic E-state index is 0.337. The van der Waals surface area contributed by atoms with Gasteiger partial charge in [-0.05, 0) is 13.0 Å². The lowest BCUT2D eigenvalue weighted by molar-refractivity contribution is 0.578. The zero-order valence-corrected chi connectivity index (χ0v) is 8.52. The third kappa shape index (κ3) is 7.71. The Balaban J connectivity index is 3.48. The van der Waals surface area contributed by atoms with E-state index in [-0.39, 0.29) is 0 Å². The van der Waals surface area contributed by atoms with Gasteiger partial charge in [0.25, 0.3) is 0 Å². The summed E-state index contributed by atoms with van der Waals surface area (Å²) in [5.41, 5.74) is 0. The van der Waals surface area contributed by atoms with Gasteiger partial charge in [-0.2, -0.15) is 5.26 Å². The summed E-state index contributed by atoms with van der Waals surface area (Å²) in [6, 6.07) is 1.59. The maximum Gasteiger partial charge on any atom is 0.225 e. The predicted molar refractivity (Wildman–Crippen MR) is 50.6 cm³/mol. The van der Waals surface area contributed by atoms with Gasteiger partial charge in [-0.3, -0.25) is 0 Å². The van der Waals surface area contributed by atoms with Crippen LogP contribution in [0.3, 0.4) is 0 Å². The van der Waals surface area contributed by atoms with Crippen molar-refractivity contribution in [2.75, 3.05) is 25.4 Å². The topological polar surface area (TPSA) is 82.0 Å². The molecule has 0 saturated carbocycles. The average Bonchev–Trinajstić information content (AvgIpc) is 2.04. The van der Waals surface area contributed by atoms with E-state index in [9.17, 15) is 8.42 Å². The van der Waals surface area contributed by atoms with E-state index in [2.05, 4.69) is 10.0 Å². The highest BCUT2D eigenvalue weighted by Crippen LogP contribution is 1.80. The normalized spacial score (nSPS) is 11.1. The van der Waals surface area contributed by atoms with E-state index in [0.29, 0.717) is 13.1 Å². The monoisotopic (exact) mass is 205 g/mol. The Morgan fingerprint density at radius 3 is 2.54 bits per heavy atom. The zero-order chi connectivity index (χ0) is 10.2. The van der Waals surface area contributed by atoms with Crippen LogP contribution in [0.25, 0.3) is 0 Å². The molecule has 0 atom stereocenters. The highest BCUT2D eigenvalue weighted by atomic mass is 32.2. The van der Waals surface area contributed by atoms with Crippen molar-refractivity contribution in [1.82, 2.24) is 10.0 Å². The molecule has 76 valence electrons. The highest BCUT2D eigenvalue weighted by Gasteiger charge is 2.06. The number of hydrogen-bond donors (Lipinski definition) is 2. The van der Waals surface area contributed by atoms with Crippen molar-refractivity contribution in [3.63, 3.8) is 0 Å². The molecule has 6 heteroatoms. The van der Waals surface area contributed by atoms with Gasteiger partial charge in [0.1, 0.15) is 0 Å². The second kappa shape index (κ2) is 6.83. The number of nitriles is 1. The third-order valence-electron chi connectivity index (χ3n) is 1.31. The Kier molecular flexibility index (Phi) is 6.49. The Morgan fingerprint density at radius 1 is 1.31 bits per heavy atom. The fraction of sp³-hybridized carbons (Fsp3) is 0.857. The van der Waals surface area contributed by atoms with Crippen LogP contribution in [0, 0.1) is 11.3 Å². The lowest BCUT2D eigenvalue weighted by Gasteiger charge is -2.03. The summed E-state index contributed by atoms with van der Waals surface area (Å²) in [6.45, 7) is 3.84. The summed E-state index contributed by atoms with van der Waals surface area (Å²) in [5, 5.41) is 11.2. The molecule has 0 aromatic carbocycles. The van der Waals surface area contributed by atoms with Gasteiger partial charge in [-0.15, -0.1) is 0 Å². The van der Waals surface area contributed by atoms with E-state index in [1.807, 2.05) is 6.92 Å². The molecule has 0 unspecified atom stereocenters. The van der Waals surface area contributed by atoms with Crippen molar-refractivity contribution >= 4 is 10.0 Å². The first-order valence-corrected chi connectivity index (χ1v) is 5.82. The van der Waals surface area contributed by atoms with Crippen LogP contribution >= 0.6 is 0 Å². The Morgan fingerprint density at radius 2 is 2.00 bits per heavy atom. The number of nitrogens with one attached hydrogen (secondary N) is 2. The van der Waals surface area contributed by atoms with Gasteiger partial charge in [0.15, 0.2) is 5.75 Å². The van der Waals surface area contributed by atoms with Crippen molar-refractivity contribution in [2.45, 2.75) is 13.3 Å². The van der Waals surface area contributed by atoms with E-state index < -0.39 is 15.8 Å². The lowest BCUT2D eigenvalue weighted by Crippen LogP contribution is -2.33. The molecule has 0 aliphatic rings. The van der Waals surface area contributed by atoms with Gasteiger partial charge >= 0.3 is 0 Å². The maximum absolute atomic E-state index is 10.9. The van der Waals surface area contributed by atoms with Crippen LogP contribution in [0.2, 0.25) is 0 Å². The molecular formula is C7H15N3O2S.